The molecule has 3 nitrogen and oxygen atoms in total. The summed E-state index contributed by atoms with van der Waals surface area (Å²) in [4.78, 5) is 0. The Morgan fingerprint density at radius 1 is 1.43 bits per heavy atom. The number of methoxy groups -OCH3 is 1. The summed E-state index contributed by atoms with van der Waals surface area (Å²) in [6.45, 7) is 4.21. The van der Waals surface area contributed by atoms with Crippen LogP contribution in [0.4, 0.5) is 0 Å². The van der Waals surface area contributed by atoms with Gasteiger partial charge >= 0.3 is 0 Å². The summed E-state index contributed by atoms with van der Waals surface area (Å²) in [5.74, 6) is 0.807. The normalized spacial score (nSPS) is 12.6. The summed E-state index contributed by atoms with van der Waals surface area (Å²) in [7, 11) is 1.60. The van der Waals surface area contributed by atoms with Gasteiger partial charge in [0.05, 0.1) is 0 Å². The number of benzene rings is 1. The van der Waals surface area contributed by atoms with Crippen molar-refractivity contribution >= 4 is 0 Å². The fourth-order valence-electron chi connectivity index (χ4n) is 1.27. The highest BCUT2D eigenvalue weighted by Crippen LogP contribution is 2.24. The molecule has 1 rings (SSSR count). The van der Waals surface area contributed by atoms with E-state index in [9.17, 15) is 0 Å². The van der Waals surface area contributed by atoms with Crippen LogP contribution >= 0.6 is 0 Å². The molecule has 2 N–H and O–H groups in total. The molecular formula is C11H17NO2. The lowest BCUT2D eigenvalue weighted by molar-refractivity contribution is 0.0502. The lowest BCUT2D eigenvalue weighted by atomic mass is 10.1. The van der Waals surface area contributed by atoms with E-state index in [2.05, 4.69) is 0 Å². The van der Waals surface area contributed by atoms with Crippen LogP contribution in [0.25, 0.3) is 0 Å². The predicted molar refractivity (Wildman–Crippen MR) is 56.3 cm³/mol. The van der Waals surface area contributed by atoms with Gasteiger partial charge in [-0.15, -0.1) is 0 Å². The van der Waals surface area contributed by atoms with Gasteiger partial charge in [-0.2, -0.15) is 0 Å². The summed E-state index contributed by atoms with van der Waals surface area (Å²) in [5.41, 5.74) is 7.98. The Labute approximate surface area is 84.8 Å². The fourth-order valence-corrected chi connectivity index (χ4v) is 1.27. The van der Waals surface area contributed by atoms with Crippen LogP contribution in [0, 0.1) is 6.92 Å². The van der Waals surface area contributed by atoms with Crippen LogP contribution in [-0.4, -0.2) is 13.9 Å². The molecule has 0 bridgehead atoms. The van der Waals surface area contributed by atoms with Gasteiger partial charge in [0.15, 0.2) is 6.79 Å². The Bertz CT molecular complexity index is 297. The third-order valence-corrected chi connectivity index (χ3v) is 1.99. The summed E-state index contributed by atoms with van der Waals surface area (Å²) in [6, 6.07) is 5.96. The van der Waals surface area contributed by atoms with E-state index in [0.29, 0.717) is 0 Å². The van der Waals surface area contributed by atoms with Crippen molar-refractivity contribution in [2.45, 2.75) is 19.9 Å². The van der Waals surface area contributed by atoms with Crippen molar-refractivity contribution in [2.24, 2.45) is 5.73 Å². The molecule has 0 aromatic heterocycles. The van der Waals surface area contributed by atoms with Crippen LogP contribution < -0.4 is 10.5 Å². The average Bonchev–Trinajstić information content (AvgIpc) is 2.14. The van der Waals surface area contributed by atoms with Crippen LogP contribution in [0.15, 0.2) is 18.2 Å². The molecule has 1 aromatic carbocycles. The van der Waals surface area contributed by atoms with Gasteiger partial charge in [0.1, 0.15) is 5.75 Å². The van der Waals surface area contributed by atoms with Crippen molar-refractivity contribution in [2.75, 3.05) is 13.9 Å². The molecule has 3 heteroatoms. The molecular weight excluding hydrogens is 178 g/mol. The molecule has 0 radical (unpaired) electrons. The standard InChI is InChI=1S/C11H17NO2/c1-8-4-5-10(9(2)12)11(6-8)14-7-13-3/h4-6,9H,7,12H2,1-3H3/t9-/m0/s1. The highest BCUT2D eigenvalue weighted by atomic mass is 16.7. The zero-order valence-corrected chi connectivity index (χ0v) is 8.91. The molecule has 0 aliphatic carbocycles. The van der Waals surface area contributed by atoms with Crippen LogP contribution in [-0.2, 0) is 4.74 Å². The summed E-state index contributed by atoms with van der Waals surface area (Å²) in [6.07, 6.45) is 0. The Hall–Kier alpha value is -1.06. The van der Waals surface area contributed by atoms with Crippen LogP contribution in [0.2, 0.25) is 0 Å². The van der Waals surface area contributed by atoms with Gasteiger partial charge < -0.3 is 15.2 Å². The van der Waals surface area contributed by atoms with Crippen molar-refractivity contribution in [3.05, 3.63) is 29.3 Å². The van der Waals surface area contributed by atoms with Crippen LogP contribution in [0.1, 0.15) is 24.1 Å². The first-order chi connectivity index (χ1) is 6.65. The zero-order valence-electron chi connectivity index (χ0n) is 8.91. The lowest BCUT2D eigenvalue weighted by Gasteiger charge is -2.13. The Morgan fingerprint density at radius 3 is 2.71 bits per heavy atom. The largest absolute Gasteiger partial charge is 0.467 e. The summed E-state index contributed by atoms with van der Waals surface area (Å²) in [5, 5.41) is 0. The minimum absolute atomic E-state index is 0.0255. The molecule has 78 valence electrons. The van der Waals surface area contributed by atoms with Gasteiger partial charge in [0.25, 0.3) is 0 Å². The monoisotopic (exact) mass is 195 g/mol. The van der Waals surface area contributed by atoms with Gasteiger partial charge in [-0.3, -0.25) is 0 Å². The quantitative estimate of drug-likeness (QED) is 0.747. The van der Waals surface area contributed by atoms with Crippen molar-refractivity contribution < 1.29 is 9.47 Å². The molecule has 0 unspecified atom stereocenters. The maximum absolute atomic E-state index is 5.82. The maximum atomic E-state index is 5.82. The second-order valence-electron chi connectivity index (χ2n) is 3.38. The smallest absolute Gasteiger partial charge is 0.188 e. The highest BCUT2D eigenvalue weighted by molar-refractivity contribution is 5.38. The van der Waals surface area contributed by atoms with Crippen LogP contribution in [0.3, 0.4) is 0 Å². The van der Waals surface area contributed by atoms with Gasteiger partial charge in [0.2, 0.25) is 0 Å². The van der Waals surface area contributed by atoms with E-state index in [0.717, 1.165) is 16.9 Å². The number of aryl methyl sites for hydroxylation is 1. The van der Waals surface area contributed by atoms with Crippen molar-refractivity contribution in [3.63, 3.8) is 0 Å². The molecule has 0 saturated heterocycles. The number of hydrogen-bond acceptors (Lipinski definition) is 3. The molecule has 0 heterocycles. The second kappa shape index (κ2) is 4.98. The second-order valence-corrected chi connectivity index (χ2v) is 3.38. The van der Waals surface area contributed by atoms with E-state index in [1.807, 2.05) is 32.0 Å². The third-order valence-electron chi connectivity index (χ3n) is 1.99. The minimum Gasteiger partial charge on any atom is -0.467 e. The first-order valence-corrected chi connectivity index (χ1v) is 4.63. The molecule has 0 saturated carbocycles. The SMILES string of the molecule is COCOc1cc(C)ccc1[C@H](C)N. The molecule has 0 amide bonds. The molecule has 1 aromatic rings. The van der Waals surface area contributed by atoms with Crippen molar-refractivity contribution in [1.82, 2.24) is 0 Å². The van der Waals surface area contributed by atoms with Crippen molar-refractivity contribution in [3.8, 4) is 5.75 Å². The number of hydrogen-bond donors (Lipinski definition) is 1. The van der Waals surface area contributed by atoms with Gasteiger partial charge in [0, 0.05) is 18.7 Å². The first kappa shape index (κ1) is 11.0. The third kappa shape index (κ3) is 2.72. The molecule has 14 heavy (non-hydrogen) atoms. The zero-order chi connectivity index (χ0) is 10.6. The van der Waals surface area contributed by atoms with Crippen LogP contribution in [0.5, 0.6) is 5.75 Å². The first-order valence-electron chi connectivity index (χ1n) is 4.63. The van der Waals surface area contributed by atoms with E-state index >= 15 is 0 Å². The maximum Gasteiger partial charge on any atom is 0.188 e. The van der Waals surface area contributed by atoms with Gasteiger partial charge in [-0.1, -0.05) is 12.1 Å². The summed E-state index contributed by atoms with van der Waals surface area (Å²) >= 11 is 0. The average molecular weight is 195 g/mol. The lowest BCUT2D eigenvalue weighted by Crippen LogP contribution is -2.09. The number of nitrogens with two attached hydrogens (primary N) is 1. The molecule has 1 atom stereocenters. The van der Waals surface area contributed by atoms with E-state index < -0.39 is 0 Å². The van der Waals surface area contributed by atoms with Gasteiger partial charge in [-0.25, -0.2) is 0 Å². The predicted octanol–water partition coefficient (Wildman–Crippen LogP) is 2.00. The minimum atomic E-state index is -0.0255. The van der Waals surface area contributed by atoms with Gasteiger partial charge in [-0.05, 0) is 25.5 Å². The van der Waals surface area contributed by atoms with Crippen molar-refractivity contribution in [1.29, 1.82) is 0 Å². The molecule has 0 fully saturated rings. The van der Waals surface area contributed by atoms with E-state index in [1.165, 1.54) is 0 Å². The molecule has 0 aliphatic rings. The summed E-state index contributed by atoms with van der Waals surface area (Å²) < 4.78 is 10.3. The van der Waals surface area contributed by atoms with E-state index in [-0.39, 0.29) is 12.8 Å². The Kier molecular flexibility index (Phi) is 3.92. The van der Waals surface area contributed by atoms with E-state index in [4.69, 9.17) is 15.2 Å². The highest BCUT2D eigenvalue weighted by Gasteiger charge is 2.07. The molecule has 0 aliphatic heterocycles. The Balaban J connectivity index is 2.91. The topological polar surface area (TPSA) is 44.5 Å². The molecule has 0 spiro atoms. The number of ether oxygens (including phenoxy) is 2. The number of rotatable bonds is 4. The van der Waals surface area contributed by atoms with E-state index in [1.54, 1.807) is 7.11 Å². The Morgan fingerprint density at radius 2 is 2.14 bits per heavy atom. The fraction of sp³-hybridized carbons (Fsp3) is 0.455.